The second-order valence-corrected chi connectivity index (χ2v) is 8.54. The van der Waals surface area contributed by atoms with Crippen LogP contribution < -0.4 is 29.6 Å². The molecule has 2 amide bonds. The lowest BCUT2D eigenvalue weighted by atomic mass is 10.2. The zero-order valence-corrected chi connectivity index (χ0v) is 20.0. The first-order valence-corrected chi connectivity index (χ1v) is 11.3. The molecule has 1 aromatic heterocycles. The number of rotatable bonds is 10. The van der Waals surface area contributed by atoms with Crippen LogP contribution in [0.4, 0.5) is 10.8 Å². The fourth-order valence-electron chi connectivity index (χ4n) is 2.66. The first kappa shape index (κ1) is 24.1. The lowest BCUT2D eigenvalue weighted by Gasteiger charge is -2.10. The minimum absolute atomic E-state index is 0.115. The Balaban J connectivity index is 1.55. The number of carbonyl (C=O) groups excluding carboxylic acids is 2. The van der Waals surface area contributed by atoms with E-state index in [-0.39, 0.29) is 17.6 Å². The predicted octanol–water partition coefficient (Wildman–Crippen LogP) is 3.56. The monoisotopic (exact) mass is 490 g/mol. The maximum Gasteiger partial charge on any atom is 0.257 e. The van der Waals surface area contributed by atoms with Crippen molar-refractivity contribution < 1.29 is 28.5 Å². The van der Waals surface area contributed by atoms with E-state index < -0.39 is 0 Å². The topological polar surface area (TPSA) is 121 Å². The van der Waals surface area contributed by atoms with Crippen LogP contribution in [-0.2, 0) is 4.79 Å². The van der Waals surface area contributed by atoms with Gasteiger partial charge in [0.15, 0.2) is 15.8 Å². The molecule has 3 rings (SSSR count). The third-order valence-corrected chi connectivity index (χ3v) is 6.21. The highest BCUT2D eigenvalue weighted by Crippen LogP contribution is 2.30. The van der Waals surface area contributed by atoms with Gasteiger partial charge < -0.3 is 24.3 Å². The number of anilines is 2. The smallest absolute Gasteiger partial charge is 0.257 e. The van der Waals surface area contributed by atoms with Crippen molar-refractivity contribution in [3.63, 3.8) is 0 Å². The molecule has 0 spiro atoms. The molecule has 0 saturated carbocycles. The summed E-state index contributed by atoms with van der Waals surface area (Å²) in [5, 5.41) is 13.8. The van der Waals surface area contributed by atoms with E-state index in [0.717, 1.165) is 11.3 Å². The van der Waals surface area contributed by atoms with Crippen molar-refractivity contribution in [2.45, 2.75) is 4.34 Å². The van der Waals surface area contributed by atoms with Crippen LogP contribution in [0.2, 0.25) is 0 Å². The van der Waals surface area contributed by atoms with E-state index in [1.165, 1.54) is 33.1 Å². The number of methoxy groups -OCH3 is 4. The maximum absolute atomic E-state index is 12.6. The molecule has 33 heavy (non-hydrogen) atoms. The van der Waals surface area contributed by atoms with Crippen molar-refractivity contribution in [1.29, 1.82) is 0 Å². The van der Waals surface area contributed by atoms with Gasteiger partial charge in [0.1, 0.15) is 11.5 Å². The Kier molecular flexibility index (Phi) is 8.33. The molecule has 0 aliphatic heterocycles. The molecule has 1 heterocycles. The van der Waals surface area contributed by atoms with Crippen LogP contribution in [0, 0.1) is 0 Å². The number of hydrogen-bond acceptors (Lipinski definition) is 10. The molecule has 0 unspecified atom stereocenters. The Morgan fingerprint density at radius 3 is 2.21 bits per heavy atom. The highest BCUT2D eigenvalue weighted by atomic mass is 32.2. The molecule has 0 bridgehead atoms. The summed E-state index contributed by atoms with van der Waals surface area (Å²) in [6.45, 7) is 0. The van der Waals surface area contributed by atoms with Crippen LogP contribution in [0.5, 0.6) is 23.0 Å². The van der Waals surface area contributed by atoms with Gasteiger partial charge in [-0.1, -0.05) is 23.1 Å². The molecule has 174 valence electrons. The van der Waals surface area contributed by atoms with Gasteiger partial charge in [0.05, 0.1) is 34.2 Å². The van der Waals surface area contributed by atoms with E-state index in [1.807, 2.05) is 0 Å². The van der Waals surface area contributed by atoms with E-state index in [1.54, 1.807) is 43.5 Å². The quantitative estimate of drug-likeness (QED) is 0.325. The van der Waals surface area contributed by atoms with Gasteiger partial charge in [-0.3, -0.25) is 14.9 Å². The molecule has 0 atom stereocenters. The van der Waals surface area contributed by atoms with Crippen LogP contribution in [0.1, 0.15) is 10.4 Å². The van der Waals surface area contributed by atoms with Gasteiger partial charge in [-0.2, -0.15) is 0 Å². The number of benzene rings is 2. The van der Waals surface area contributed by atoms with Gasteiger partial charge in [0, 0.05) is 23.4 Å². The molecule has 0 radical (unpaired) electrons. The van der Waals surface area contributed by atoms with Gasteiger partial charge in [0.2, 0.25) is 11.0 Å². The number of carbonyl (C=O) groups is 2. The van der Waals surface area contributed by atoms with Gasteiger partial charge in [-0.25, -0.2) is 0 Å². The molecule has 0 aliphatic carbocycles. The predicted molar refractivity (Wildman–Crippen MR) is 126 cm³/mol. The van der Waals surface area contributed by atoms with Crippen molar-refractivity contribution in [2.75, 3.05) is 44.8 Å². The summed E-state index contributed by atoms with van der Waals surface area (Å²) in [7, 11) is 6.08. The Morgan fingerprint density at radius 2 is 1.58 bits per heavy atom. The van der Waals surface area contributed by atoms with Crippen LogP contribution in [0.25, 0.3) is 0 Å². The molecule has 3 aromatic rings. The molecule has 10 nitrogen and oxygen atoms in total. The van der Waals surface area contributed by atoms with Crippen molar-refractivity contribution >= 4 is 45.7 Å². The highest BCUT2D eigenvalue weighted by molar-refractivity contribution is 8.01. The fourth-order valence-corrected chi connectivity index (χ4v) is 4.21. The summed E-state index contributed by atoms with van der Waals surface area (Å²) in [4.78, 5) is 24.8. The Labute approximate surface area is 198 Å². The molecule has 12 heteroatoms. The molecule has 2 aromatic carbocycles. The van der Waals surface area contributed by atoms with E-state index >= 15 is 0 Å². The summed E-state index contributed by atoms with van der Waals surface area (Å²) >= 11 is 2.37. The number of thioether (sulfide) groups is 1. The standard InChI is InChI=1S/C21H22N4O6S2/c1-28-14-7-12(8-15(10-14)29-2)19(27)23-20-24-25-21(33-20)32-11-18(26)22-13-5-6-16(30-3)17(9-13)31-4/h5-10H,11H2,1-4H3,(H,22,26)(H,23,24,27). The van der Waals surface area contributed by atoms with E-state index in [2.05, 4.69) is 20.8 Å². The van der Waals surface area contributed by atoms with Crippen LogP contribution in [-0.4, -0.2) is 56.2 Å². The number of hydrogen-bond donors (Lipinski definition) is 2. The lowest BCUT2D eigenvalue weighted by molar-refractivity contribution is -0.113. The normalized spacial score (nSPS) is 10.3. The lowest BCUT2D eigenvalue weighted by Crippen LogP contribution is -2.14. The Bertz CT molecular complexity index is 1120. The zero-order chi connectivity index (χ0) is 23.8. The van der Waals surface area contributed by atoms with Crippen LogP contribution in [0.3, 0.4) is 0 Å². The van der Waals surface area contributed by atoms with Gasteiger partial charge >= 0.3 is 0 Å². The second-order valence-electron chi connectivity index (χ2n) is 6.34. The summed E-state index contributed by atoms with van der Waals surface area (Å²) in [5.74, 6) is 1.58. The summed E-state index contributed by atoms with van der Waals surface area (Å²) in [6.07, 6.45) is 0. The number of aromatic nitrogens is 2. The van der Waals surface area contributed by atoms with Gasteiger partial charge in [0.25, 0.3) is 5.91 Å². The number of ether oxygens (including phenoxy) is 4. The third kappa shape index (κ3) is 6.49. The SMILES string of the molecule is COc1cc(OC)cc(C(=O)Nc2nnc(SCC(=O)Nc3ccc(OC)c(OC)c3)s2)c1. The summed E-state index contributed by atoms with van der Waals surface area (Å²) in [5.41, 5.74) is 0.932. The average Bonchev–Trinajstić information content (AvgIpc) is 3.29. The minimum Gasteiger partial charge on any atom is -0.497 e. The van der Waals surface area contributed by atoms with Gasteiger partial charge in [-0.05, 0) is 24.3 Å². The largest absolute Gasteiger partial charge is 0.497 e. The Hall–Kier alpha value is -3.51. The number of nitrogens with one attached hydrogen (secondary N) is 2. The van der Waals surface area contributed by atoms with E-state index in [9.17, 15) is 9.59 Å². The van der Waals surface area contributed by atoms with Crippen molar-refractivity contribution in [1.82, 2.24) is 10.2 Å². The fraction of sp³-hybridized carbons (Fsp3) is 0.238. The van der Waals surface area contributed by atoms with Crippen LogP contribution in [0.15, 0.2) is 40.7 Å². The van der Waals surface area contributed by atoms with Crippen molar-refractivity contribution in [3.8, 4) is 23.0 Å². The maximum atomic E-state index is 12.6. The molecule has 2 N–H and O–H groups in total. The zero-order valence-electron chi connectivity index (χ0n) is 18.3. The number of amides is 2. The molecule has 0 saturated heterocycles. The first-order valence-electron chi connectivity index (χ1n) is 9.48. The van der Waals surface area contributed by atoms with Crippen LogP contribution >= 0.6 is 23.1 Å². The minimum atomic E-state index is -0.383. The summed E-state index contributed by atoms with van der Waals surface area (Å²) < 4.78 is 21.3. The Morgan fingerprint density at radius 1 is 0.879 bits per heavy atom. The number of nitrogens with zero attached hydrogens (tertiary/aromatic N) is 2. The first-order chi connectivity index (χ1) is 15.9. The molecule has 0 fully saturated rings. The average molecular weight is 491 g/mol. The van der Waals surface area contributed by atoms with Crippen molar-refractivity contribution in [2.24, 2.45) is 0 Å². The summed E-state index contributed by atoms with van der Waals surface area (Å²) in [6, 6.07) is 9.95. The van der Waals surface area contributed by atoms with E-state index in [0.29, 0.717) is 43.7 Å². The second kappa shape index (κ2) is 11.4. The van der Waals surface area contributed by atoms with Gasteiger partial charge in [-0.15, -0.1) is 10.2 Å². The molecular weight excluding hydrogens is 468 g/mol. The molecular formula is C21H22N4O6S2. The van der Waals surface area contributed by atoms with Crippen molar-refractivity contribution in [3.05, 3.63) is 42.0 Å². The third-order valence-electron chi connectivity index (χ3n) is 4.23. The molecule has 0 aliphatic rings. The highest BCUT2D eigenvalue weighted by Gasteiger charge is 2.14. The van der Waals surface area contributed by atoms with E-state index in [4.69, 9.17) is 18.9 Å².